The molecule has 1 aliphatic rings. The van der Waals surface area contributed by atoms with E-state index in [9.17, 15) is 4.79 Å². The molecule has 0 spiro atoms. The highest BCUT2D eigenvalue weighted by atomic mass is 16.6. The van der Waals surface area contributed by atoms with Crippen LogP contribution in [0.1, 0.15) is 38.7 Å². The van der Waals surface area contributed by atoms with Gasteiger partial charge in [-0.1, -0.05) is 0 Å². The van der Waals surface area contributed by atoms with Crippen molar-refractivity contribution in [3.63, 3.8) is 0 Å². The second-order valence-corrected chi connectivity index (χ2v) is 6.09. The first-order chi connectivity index (χ1) is 9.30. The van der Waals surface area contributed by atoms with Crippen molar-refractivity contribution >= 4 is 11.8 Å². The Morgan fingerprint density at radius 1 is 1.40 bits per heavy atom. The SMILES string of the molecule is COc1ccc(NC(=O)OC(C)(C)C)cc1C1CC1N. The van der Waals surface area contributed by atoms with E-state index >= 15 is 0 Å². The van der Waals surface area contributed by atoms with Gasteiger partial charge in [-0.15, -0.1) is 0 Å². The van der Waals surface area contributed by atoms with Crippen LogP contribution in [0.3, 0.4) is 0 Å². The van der Waals surface area contributed by atoms with Gasteiger partial charge in [0.15, 0.2) is 0 Å². The second-order valence-electron chi connectivity index (χ2n) is 6.09. The Hall–Kier alpha value is -1.75. The molecule has 5 heteroatoms. The Balaban J connectivity index is 2.11. The summed E-state index contributed by atoms with van der Waals surface area (Å²) in [5.41, 5.74) is 7.10. The maximum atomic E-state index is 11.8. The van der Waals surface area contributed by atoms with Crippen LogP contribution in [0.5, 0.6) is 5.75 Å². The number of amides is 1. The van der Waals surface area contributed by atoms with Crippen LogP contribution in [0.25, 0.3) is 0 Å². The zero-order chi connectivity index (χ0) is 14.9. The minimum atomic E-state index is -0.516. The van der Waals surface area contributed by atoms with E-state index in [2.05, 4.69) is 5.32 Å². The Kier molecular flexibility index (Phi) is 3.90. The summed E-state index contributed by atoms with van der Waals surface area (Å²) in [5, 5.41) is 2.73. The number of ether oxygens (including phenoxy) is 2. The van der Waals surface area contributed by atoms with E-state index in [-0.39, 0.29) is 6.04 Å². The highest BCUT2D eigenvalue weighted by Crippen LogP contribution is 2.44. The molecule has 1 amide bonds. The summed E-state index contributed by atoms with van der Waals surface area (Å²) < 4.78 is 10.6. The summed E-state index contributed by atoms with van der Waals surface area (Å²) in [4.78, 5) is 11.8. The normalized spacial score (nSPS) is 21.2. The summed E-state index contributed by atoms with van der Waals surface area (Å²) in [6.07, 6.45) is 0.486. The molecule has 3 N–H and O–H groups in total. The number of hydrogen-bond donors (Lipinski definition) is 2. The quantitative estimate of drug-likeness (QED) is 0.891. The van der Waals surface area contributed by atoms with Gasteiger partial charge in [0.2, 0.25) is 0 Å². The van der Waals surface area contributed by atoms with Crippen LogP contribution in [-0.4, -0.2) is 24.8 Å². The molecule has 110 valence electrons. The molecule has 1 aromatic carbocycles. The minimum Gasteiger partial charge on any atom is -0.496 e. The average molecular weight is 278 g/mol. The lowest BCUT2D eigenvalue weighted by molar-refractivity contribution is 0.0636. The van der Waals surface area contributed by atoms with Crippen molar-refractivity contribution in [3.8, 4) is 5.75 Å². The number of rotatable bonds is 3. The zero-order valence-corrected chi connectivity index (χ0v) is 12.4. The summed E-state index contributed by atoms with van der Waals surface area (Å²) in [7, 11) is 1.63. The summed E-state index contributed by atoms with van der Waals surface area (Å²) in [6.45, 7) is 5.49. The number of anilines is 1. The van der Waals surface area contributed by atoms with E-state index in [1.54, 1.807) is 13.2 Å². The smallest absolute Gasteiger partial charge is 0.412 e. The maximum Gasteiger partial charge on any atom is 0.412 e. The fourth-order valence-corrected chi connectivity index (χ4v) is 2.10. The van der Waals surface area contributed by atoms with Crippen LogP contribution in [-0.2, 0) is 4.74 Å². The lowest BCUT2D eigenvalue weighted by Gasteiger charge is -2.20. The van der Waals surface area contributed by atoms with Crippen molar-refractivity contribution in [2.75, 3.05) is 12.4 Å². The Morgan fingerprint density at radius 2 is 2.05 bits per heavy atom. The van der Waals surface area contributed by atoms with Crippen LogP contribution in [0.15, 0.2) is 18.2 Å². The number of benzene rings is 1. The lowest BCUT2D eigenvalue weighted by atomic mass is 10.1. The van der Waals surface area contributed by atoms with Gasteiger partial charge < -0.3 is 15.2 Å². The zero-order valence-electron chi connectivity index (χ0n) is 12.4. The van der Waals surface area contributed by atoms with Crippen LogP contribution in [0.4, 0.5) is 10.5 Å². The fourth-order valence-electron chi connectivity index (χ4n) is 2.10. The van der Waals surface area contributed by atoms with Gasteiger partial charge in [0.25, 0.3) is 0 Å². The minimum absolute atomic E-state index is 0.181. The molecular formula is C15H22N2O3. The Bertz CT molecular complexity index is 508. The number of methoxy groups -OCH3 is 1. The van der Waals surface area contributed by atoms with Crippen molar-refractivity contribution in [1.29, 1.82) is 0 Å². The standard InChI is InChI=1S/C15H22N2O3/c1-15(2,3)20-14(18)17-9-5-6-13(19-4)11(7-9)10-8-12(10)16/h5-7,10,12H,8,16H2,1-4H3,(H,17,18). The molecular weight excluding hydrogens is 256 g/mol. The molecule has 0 aliphatic heterocycles. The van der Waals surface area contributed by atoms with E-state index in [1.807, 2.05) is 32.9 Å². The van der Waals surface area contributed by atoms with Crippen molar-refractivity contribution < 1.29 is 14.3 Å². The van der Waals surface area contributed by atoms with E-state index in [1.165, 1.54) is 0 Å². The number of nitrogens with two attached hydrogens (primary N) is 1. The van der Waals surface area contributed by atoms with Gasteiger partial charge in [0.1, 0.15) is 11.4 Å². The van der Waals surface area contributed by atoms with Crippen LogP contribution in [0, 0.1) is 0 Å². The molecule has 5 nitrogen and oxygen atoms in total. The molecule has 0 radical (unpaired) electrons. The molecule has 1 aromatic rings. The second kappa shape index (κ2) is 5.32. The van der Waals surface area contributed by atoms with E-state index in [0.29, 0.717) is 11.6 Å². The average Bonchev–Trinajstić information content (AvgIpc) is 3.03. The third kappa shape index (κ3) is 3.63. The van der Waals surface area contributed by atoms with E-state index < -0.39 is 11.7 Å². The number of carbonyl (C=O) groups is 1. The summed E-state index contributed by atoms with van der Waals surface area (Å²) in [5.74, 6) is 1.11. The van der Waals surface area contributed by atoms with Crippen molar-refractivity contribution in [1.82, 2.24) is 0 Å². The summed E-state index contributed by atoms with van der Waals surface area (Å²) in [6, 6.07) is 5.72. The van der Waals surface area contributed by atoms with Gasteiger partial charge >= 0.3 is 6.09 Å². The predicted octanol–water partition coefficient (Wildman–Crippen LogP) is 2.86. The topological polar surface area (TPSA) is 73.6 Å². The predicted molar refractivity (Wildman–Crippen MR) is 78.2 cm³/mol. The van der Waals surface area contributed by atoms with Gasteiger partial charge in [-0.3, -0.25) is 5.32 Å². The van der Waals surface area contributed by atoms with E-state index in [4.69, 9.17) is 15.2 Å². The Morgan fingerprint density at radius 3 is 2.55 bits per heavy atom. The van der Waals surface area contributed by atoms with Gasteiger partial charge in [0, 0.05) is 23.2 Å². The number of carbonyl (C=O) groups excluding carboxylic acids is 1. The van der Waals surface area contributed by atoms with E-state index in [0.717, 1.165) is 17.7 Å². The van der Waals surface area contributed by atoms with Crippen LogP contribution >= 0.6 is 0 Å². The molecule has 1 saturated carbocycles. The third-order valence-electron chi connectivity index (χ3n) is 3.11. The molecule has 0 bridgehead atoms. The van der Waals surface area contributed by atoms with Crippen molar-refractivity contribution in [2.24, 2.45) is 5.73 Å². The third-order valence-corrected chi connectivity index (χ3v) is 3.11. The molecule has 0 saturated heterocycles. The Labute approximate surface area is 119 Å². The molecule has 0 aromatic heterocycles. The number of nitrogens with one attached hydrogen (secondary N) is 1. The fraction of sp³-hybridized carbons (Fsp3) is 0.533. The van der Waals surface area contributed by atoms with Crippen LogP contribution in [0.2, 0.25) is 0 Å². The summed E-state index contributed by atoms with van der Waals surface area (Å²) >= 11 is 0. The number of hydrogen-bond acceptors (Lipinski definition) is 4. The first kappa shape index (κ1) is 14.7. The van der Waals surface area contributed by atoms with Crippen molar-refractivity contribution in [2.45, 2.75) is 44.8 Å². The molecule has 2 rings (SSSR count). The highest BCUT2D eigenvalue weighted by Gasteiger charge is 2.37. The van der Waals surface area contributed by atoms with Gasteiger partial charge in [-0.2, -0.15) is 0 Å². The molecule has 20 heavy (non-hydrogen) atoms. The maximum absolute atomic E-state index is 11.8. The first-order valence-electron chi connectivity index (χ1n) is 6.73. The van der Waals surface area contributed by atoms with Crippen molar-refractivity contribution in [3.05, 3.63) is 23.8 Å². The lowest BCUT2D eigenvalue weighted by Crippen LogP contribution is -2.27. The largest absolute Gasteiger partial charge is 0.496 e. The molecule has 1 aliphatic carbocycles. The van der Waals surface area contributed by atoms with Gasteiger partial charge in [-0.05, 0) is 45.4 Å². The molecule has 1 fully saturated rings. The first-order valence-corrected chi connectivity index (χ1v) is 6.73. The molecule has 2 unspecified atom stereocenters. The molecule has 2 atom stereocenters. The van der Waals surface area contributed by atoms with Gasteiger partial charge in [-0.25, -0.2) is 4.79 Å². The monoisotopic (exact) mass is 278 g/mol. The van der Waals surface area contributed by atoms with Gasteiger partial charge in [0.05, 0.1) is 7.11 Å². The molecule has 0 heterocycles. The highest BCUT2D eigenvalue weighted by molar-refractivity contribution is 5.85. The van der Waals surface area contributed by atoms with Crippen LogP contribution < -0.4 is 15.8 Å².